The fourth-order valence-corrected chi connectivity index (χ4v) is 4.05. The maximum atomic E-state index is 13.5. The molecule has 1 fully saturated rings. The predicted molar refractivity (Wildman–Crippen MR) is 123 cm³/mol. The number of aromatic nitrogens is 2. The van der Waals surface area contributed by atoms with Gasteiger partial charge in [0.1, 0.15) is 17.2 Å². The largest absolute Gasteiger partial charge is 0.467 e. The highest BCUT2D eigenvalue weighted by molar-refractivity contribution is 5.95. The molecular weight excluding hydrogens is 439 g/mol. The van der Waals surface area contributed by atoms with E-state index in [2.05, 4.69) is 10.4 Å². The topological polar surface area (TPSA) is 89.6 Å². The first-order chi connectivity index (χ1) is 16.2. The van der Waals surface area contributed by atoms with Crippen molar-refractivity contribution in [1.82, 2.24) is 20.0 Å². The van der Waals surface area contributed by atoms with Gasteiger partial charge in [-0.2, -0.15) is 5.10 Å². The Bertz CT molecular complexity index is 1120. The summed E-state index contributed by atoms with van der Waals surface area (Å²) >= 11 is 0. The van der Waals surface area contributed by atoms with E-state index in [1.54, 1.807) is 40.1 Å². The quantitative estimate of drug-likeness (QED) is 0.589. The highest BCUT2D eigenvalue weighted by atomic mass is 19.1. The molecule has 1 aromatic carbocycles. The number of rotatable bonds is 5. The number of amides is 2. The average Bonchev–Trinajstić information content (AvgIpc) is 3.47. The molecule has 1 N–H and O–H groups in total. The van der Waals surface area contributed by atoms with E-state index in [9.17, 15) is 14.0 Å². The number of likely N-dealkylation sites (tertiary alicyclic amines) is 1. The third kappa shape index (κ3) is 5.47. The van der Waals surface area contributed by atoms with Crippen molar-refractivity contribution in [3.8, 4) is 5.69 Å². The van der Waals surface area contributed by atoms with E-state index in [1.807, 2.05) is 20.8 Å². The lowest BCUT2D eigenvalue weighted by Crippen LogP contribution is -2.41. The smallest absolute Gasteiger partial charge is 0.410 e. The normalized spacial score (nSPS) is 14.8. The first-order valence-corrected chi connectivity index (χ1v) is 11.3. The lowest BCUT2D eigenvalue weighted by molar-refractivity contribution is 0.0203. The summed E-state index contributed by atoms with van der Waals surface area (Å²) in [5.41, 5.74) is 1.30. The lowest BCUT2D eigenvalue weighted by atomic mass is 9.91. The molecule has 0 atom stereocenters. The molecule has 1 aliphatic rings. The fourth-order valence-electron chi connectivity index (χ4n) is 4.05. The zero-order valence-corrected chi connectivity index (χ0v) is 19.6. The lowest BCUT2D eigenvalue weighted by Gasteiger charge is -2.34. The van der Waals surface area contributed by atoms with Crippen molar-refractivity contribution in [1.29, 1.82) is 0 Å². The van der Waals surface area contributed by atoms with Gasteiger partial charge in [-0.05, 0) is 70.0 Å². The zero-order chi connectivity index (χ0) is 24.3. The van der Waals surface area contributed by atoms with Crippen LogP contribution in [0.15, 0.2) is 53.3 Å². The molecule has 0 saturated carbocycles. The van der Waals surface area contributed by atoms with E-state index in [-0.39, 0.29) is 30.3 Å². The van der Waals surface area contributed by atoms with Gasteiger partial charge < -0.3 is 19.4 Å². The molecule has 0 spiro atoms. The van der Waals surface area contributed by atoms with Crippen molar-refractivity contribution >= 4 is 12.0 Å². The number of carbonyl (C=O) groups is 2. The summed E-state index contributed by atoms with van der Waals surface area (Å²) in [6, 6.07) is 9.54. The minimum atomic E-state index is -0.561. The molecule has 3 heterocycles. The van der Waals surface area contributed by atoms with Gasteiger partial charge in [-0.25, -0.2) is 13.9 Å². The molecule has 4 rings (SSSR count). The summed E-state index contributed by atoms with van der Waals surface area (Å²) in [6.07, 6.45) is 4.04. The molecule has 2 amide bonds. The highest BCUT2D eigenvalue weighted by Crippen LogP contribution is 2.33. The number of nitrogens with zero attached hydrogens (tertiary/aromatic N) is 3. The van der Waals surface area contributed by atoms with Crippen LogP contribution in [-0.2, 0) is 11.3 Å². The minimum Gasteiger partial charge on any atom is -0.467 e. The number of ether oxygens (including phenoxy) is 1. The SMILES string of the molecule is CC(C)(C)OC(=O)N1CCC(c2c(C(=O)NCc3ccco3)cnn2-c2ccc(F)cc2)CC1. The molecule has 3 aromatic rings. The molecule has 34 heavy (non-hydrogen) atoms. The number of benzene rings is 1. The van der Waals surface area contributed by atoms with Gasteiger partial charge in [-0.1, -0.05) is 0 Å². The van der Waals surface area contributed by atoms with Gasteiger partial charge in [0, 0.05) is 19.0 Å². The van der Waals surface area contributed by atoms with Crippen LogP contribution in [0.3, 0.4) is 0 Å². The van der Waals surface area contributed by atoms with Gasteiger partial charge in [0.25, 0.3) is 5.91 Å². The van der Waals surface area contributed by atoms with Crippen LogP contribution in [0.5, 0.6) is 0 Å². The Kier molecular flexibility index (Phi) is 6.72. The van der Waals surface area contributed by atoms with E-state index < -0.39 is 5.60 Å². The predicted octanol–water partition coefficient (Wildman–Crippen LogP) is 4.65. The standard InChI is InChI=1S/C25H29FN4O4/c1-25(2,3)34-24(32)29-12-10-17(11-13-29)22-21(23(31)27-15-20-5-4-14-33-20)16-28-30(22)19-8-6-18(26)7-9-19/h4-9,14,16-17H,10-13,15H2,1-3H3,(H,27,31). The van der Waals surface area contributed by atoms with Crippen molar-refractivity contribution in [3.05, 3.63) is 71.7 Å². The van der Waals surface area contributed by atoms with Gasteiger partial charge in [0.05, 0.1) is 35.9 Å². The molecule has 0 unspecified atom stereocenters. The monoisotopic (exact) mass is 468 g/mol. The number of hydrogen-bond acceptors (Lipinski definition) is 5. The second-order valence-corrected chi connectivity index (χ2v) is 9.34. The molecule has 8 nitrogen and oxygen atoms in total. The van der Waals surface area contributed by atoms with Crippen molar-refractivity contribution in [2.24, 2.45) is 0 Å². The van der Waals surface area contributed by atoms with Gasteiger partial charge >= 0.3 is 6.09 Å². The van der Waals surface area contributed by atoms with E-state index in [0.29, 0.717) is 42.9 Å². The molecule has 9 heteroatoms. The van der Waals surface area contributed by atoms with Crippen molar-refractivity contribution < 1.29 is 23.1 Å². The van der Waals surface area contributed by atoms with Gasteiger partial charge in [-0.3, -0.25) is 4.79 Å². The molecule has 180 valence electrons. The Morgan fingerprint density at radius 1 is 1.18 bits per heavy atom. The Morgan fingerprint density at radius 2 is 1.88 bits per heavy atom. The molecule has 1 aliphatic heterocycles. The Morgan fingerprint density at radius 3 is 2.50 bits per heavy atom. The van der Waals surface area contributed by atoms with Gasteiger partial charge in [0.2, 0.25) is 0 Å². The number of nitrogens with one attached hydrogen (secondary N) is 1. The Balaban J connectivity index is 1.56. The molecule has 0 aliphatic carbocycles. The van der Waals surface area contributed by atoms with E-state index >= 15 is 0 Å². The van der Waals surface area contributed by atoms with E-state index in [4.69, 9.17) is 9.15 Å². The fraction of sp³-hybridized carbons (Fsp3) is 0.400. The summed E-state index contributed by atoms with van der Waals surface area (Å²) in [7, 11) is 0. The first-order valence-electron chi connectivity index (χ1n) is 11.3. The summed E-state index contributed by atoms with van der Waals surface area (Å²) < 4.78 is 26.0. The summed E-state index contributed by atoms with van der Waals surface area (Å²) in [5, 5.41) is 7.34. The van der Waals surface area contributed by atoms with Crippen molar-refractivity contribution in [2.45, 2.75) is 51.7 Å². The molecule has 0 radical (unpaired) electrons. The van der Waals surface area contributed by atoms with E-state index in [0.717, 1.165) is 5.69 Å². The molecular formula is C25H29FN4O4. The summed E-state index contributed by atoms with van der Waals surface area (Å²) in [6.45, 7) is 6.78. The molecule has 2 aromatic heterocycles. The van der Waals surface area contributed by atoms with Crippen LogP contribution < -0.4 is 5.32 Å². The van der Waals surface area contributed by atoms with Crippen LogP contribution in [0.2, 0.25) is 0 Å². The Labute approximate surface area is 197 Å². The van der Waals surface area contributed by atoms with Crippen molar-refractivity contribution in [3.63, 3.8) is 0 Å². The van der Waals surface area contributed by atoms with Crippen LogP contribution in [-0.4, -0.2) is 45.4 Å². The number of carbonyl (C=O) groups excluding carboxylic acids is 2. The number of piperidine rings is 1. The van der Waals surface area contributed by atoms with Crippen LogP contribution >= 0.6 is 0 Å². The van der Waals surface area contributed by atoms with Crippen LogP contribution in [0.25, 0.3) is 5.69 Å². The summed E-state index contributed by atoms with van der Waals surface area (Å²) in [5.74, 6) is 0.0102. The van der Waals surface area contributed by atoms with Crippen LogP contribution in [0.1, 0.15) is 61.3 Å². The van der Waals surface area contributed by atoms with E-state index in [1.165, 1.54) is 18.3 Å². The Hall–Kier alpha value is -3.62. The third-order valence-corrected chi connectivity index (χ3v) is 5.66. The average molecular weight is 469 g/mol. The number of furan rings is 1. The number of hydrogen-bond donors (Lipinski definition) is 1. The third-order valence-electron chi connectivity index (χ3n) is 5.66. The van der Waals surface area contributed by atoms with Gasteiger partial charge in [0.15, 0.2) is 0 Å². The maximum Gasteiger partial charge on any atom is 0.410 e. The van der Waals surface area contributed by atoms with Gasteiger partial charge in [-0.15, -0.1) is 0 Å². The van der Waals surface area contributed by atoms with Crippen LogP contribution in [0, 0.1) is 5.82 Å². The second kappa shape index (κ2) is 9.70. The maximum absolute atomic E-state index is 13.5. The molecule has 1 saturated heterocycles. The first kappa shape index (κ1) is 23.5. The second-order valence-electron chi connectivity index (χ2n) is 9.34. The van der Waals surface area contributed by atoms with Crippen molar-refractivity contribution in [2.75, 3.05) is 13.1 Å². The minimum absolute atomic E-state index is 0.0180. The number of halogens is 1. The molecule has 0 bridgehead atoms. The summed E-state index contributed by atoms with van der Waals surface area (Å²) in [4.78, 5) is 27.2. The zero-order valence-electron chi connectivity index (χ0n) is 19.6. The van der Waals surface area contributed by atoms with Crippen LogP contribution in [0.4, 0.5) is 9.18 Å². The highest BCUT2D eigenvalue weighted by Gasteiger charge is 2.32.